The molecule has 1 saturated heterocycles. The summed E-state index contributed by atoms with van der Waals surface area (Å²) in [5.74, 6) is 0.307. The highest BCUT2D eigenvalue weighted by atomic mass is 35.5. The van der Waals surface area contributed by atoms with Crippen molar-refractivity contribution in [3.63, 3.8) is 0 Å². The van der Waals surface area contributed by atoms with E-state index in [2.05, 4.69) is 47.6 Å². The first-order valence-corrected chi connectivity index (χ1v) is 10.5. The fourth-order valence-corrected chi connectivity index (χ4v) is 4.77. The fraction of sp³-hybridized carbons (Fsp3) is 0.409. The molecule has 1 atom stereocenters. The lowest BCUT2D eigenvalue weighted by atomic mass is 10.0. The molecule has 0 saturated carbocycles. The van der Waals surface area contributed by atoms with Crippen molar-refractivity contribution in [2.24, 2.45) is 0 Å². The van der Waals surface area contributed by atoms with Gasteiger partial charge in [0.25, 0.3) is 5.91 Å². The van der Waals surface area contributed by atoms with Crippen LogP contribution >= 0.6 is 23.7 Å². The molecular formula is C22H27ClN2O2S. The van der Waals surface area contributed by atoms with Crippen molar-refractivity contribution in [2.45, 2.75) is 39.7 Å². The van der Waals surface area contributed by atoms with Crippen LogP contribution in [-0.4, -0.2) is 30.4 Å². The molecule has 3 aromatic rings. The molecular weight excluding hydrogens is 392 g/mol. The number of nitrogens with zero attached hydrogens (tertiary/aromatic N) is 1. The van der Waals surface area contributed by atoms with Crippen molar-refractivity contribution in [1.82, 2.24) is 10.2 Å². The van der Waals surface area contributed by atoms with Gasteiger partial charge in [0.05, 0.1) is 6.04 Å². The third kappa shape index (κ3) is 3.97. The summed E-state index contributed by atoms with van der Waals surface area (Å²) in [5.41, 5.74) is 4.09. The summed E-state index contributed by atoms with van der Waals surface area (Å²) in [7, 11) is 0. The average Bonchev–Trinajstić information content (AvgIpc) is 3.39. The smallest absolute Gasteiger partial charge is 0.287 e. The van der Waals surface area contributed by atoms with Crippen LogP contribution in [0.2, 0.25) is 0 Å². The van der Waals surface area contributed by atoms with Gasteiger partial charge in [-0.15, -0.1) is 23.7 Å². The first-order valence-electron chi connectivity index (χ1n) is 9.60. The molecule has 1 unspecified atom stereocenters. The van der Waals surface area contributed by atoms with Gasteiger partial charge in [-0.1, -0.05) is 6.07 Å². The molecule has 3 heterocycles. The molecule has 0 spiro atoms. The highest BCUT2D eigenvalue weighted by molar-refractivity contribution is 7.10. The first kappa shape index (κ1) is 20.9. The highest BCUT2D eigenvalue weighted by Gasteiger charge is 2.26. The Hall–Kier alpha value is -1.82. The van der Waals surface area contributed by atoms with Gasteiger partial charge in [0.1, 0.15) is 5.58 Å². The van der Waals surface area contributed by atoms with E-state index in [1.54, 1.807) is 11.3 Å². The van der Waals surface area contributed by atoms with Gasteiger partial charge in [0, 0.05) is 22.4 Å². The van der Waals surface area contributed by atoms with Gasteiger partial charge in [-0.3, -0.25) is 9.69 Å². The molecule has 2 aromatic heterocycles. The van der Waals surface area contributed by atoms with Crippen LogP contribution in [0.3, 0.4) is 0 Å². The topological polar surface area (TPSA) is 45.5 Å². The maximum Gasteiger partial charge on any atom is 0.287 e. The number of fused-ring (bicyclic) bond motifs is 1. The molecule has 1 aliphatic rings. The second-order valence-corrected chi connectivity index (χ2v) is 8.45. The molecule has 1 fully saturated rings. The summed E-state index contributed by atoms with van der Waals surface area (Å²) in [6, 6.07) is 8.62. The van der Waals surface area contributed by atoms with Gasteiger partial charge in [0.15, 0.2) is 5.76 Å². The van der Waals surface area contributed by atoms with Crippen molar-refractivity contribution < 1.29 is 9.21 Å². The largest absolute Gasteiger partial charge is 0.451 e. The zero-order valence-corrected chi connectivity index (χ0v) is 18.2. The quantitative estimate of drug-likeness (QED) is 0.602. The van der Waals surface area contributed by atoms with Crippen molar-refractivity contribution in [3.8, 4) is 0 Å². The molecule has 1 amide bonds. The molecule has 150 valence electrons. The molecule has 6 heteroatoms. The molecule has 0 bridgehead atoms. The van der Waals surface area contributed by atoms with Crippen LogP contribution in [0, 0.1) is 20.8 Å². The zero-order chi connectivity index (χ0) is 19.0. The molecule has 4 nitrogen and oxygen atoms in total. The van der Waals surface area contributed by atoms with Gasteiger partial charge < -0.3 is 9.73 Å². The number of nitrogens with one attached hydrogen (secondary N) is 1. The van der Waals surface area contributed by atoms with Crippen LogP contribution in [-0.2, 0) is 0 Å². The molecule has 28 heavy (non-hydrogen) atoms. The summed E-state index contributed by atoms with van der Waals surface area (Å²) in [6.07, 6.45) is 2.47. The lowest BCUT2D eigenvalue weighted by molar-refractivity contribution is 0.0912. The molecule has 1 N–H and O–H groups in total. The Labute approximate surface area is 176 Å². The summed E-state index contributed by atoms with van der Waals surface area (Å²) in [5, 5.41) is 6.26. The molecule has 0 aliphatic carbocycles. The second kappa shape index (κ2) is 8.68. The van der Waals surface area contributed by atoms with E-state index in [0.717, 1.165) is 29.6 Å². The van der Waals surface area contributed by atoms with E-state index in [0.29, 0.717) is 12.3 Å². The fourth-order valence-electron chi connectivity index (χ4n) is 3.91. The lowest BCUT2D eigenvalue weighted by Gasteiger charge is -2.26. The van der Waals surface area contributed by atoms with E-state index < -0.39 is 0 Å². The van der Waals surface area contributed by atoms with Crippen LogP contribution in [0.1, 0.15) is 51.0 Å². The maximum atomic E-state index is 12.9. The van der Waals surface area contributed by atoms with Gasteiger partial charge in [-0.05, 0) is 81.4 Å². The summed E-state index contributed by atoms with van der Waals surface area (Å²) in [4.78, 5) is 16.7. The number of halogens is 1. The molecule has 1 aromatic carbocycles. The van der Waals surface area contributed by atoms with Crippen LogP contribution < -0.4 is 5.32 Å². The minimum Gasteiger partial charge on any atom is -0.451 e. The number of furan rings is 1. The normalized spacial score (nSPS) is 15.5. The standard InChI is InChI=1S/C22H26N2O2S.ClH/c1-14-11-17-16(3)21(26-19(17)12-15(14)2)22(25)23-13-18(20-7-6-10-27-20)24-8-4-5-9-24;/h6-7,10-12,18H,4-5,8-9,13H2,1-3H3,(H,23,25);1H. The molecule has 4 rings (SSSR count). The Kier molecular flexibility index (Phi) is 6.48. The third-order valence-electron chi connectivity index (χ3n) is 5.67. The van der Waals surface area contributed by atoms with Crippen molar-refractivity contribution in [3.05, 3.63) is 57.0 Å². The van der Waals surface area contributed by atoms with E-state index >= 15 is 0 Å². The van der Waals surface area contributed by atoms with Gasteiger partial charge in [-0.25, -0.2) is 0 Å². The Balaban J connectivity index is 0.00000225. The number of benzene rings is 1. The Bertz CT molecular complexity index is 959. The number of hydrogen-bond donors (Lipinski definition) is 1. The number of rotatable bonds is 5. The molecule has 0 radical (unpaired) electrons. The number of aryl methyl sites for hydroxylation is 3. The highest BCUT2D eigenvalue weighted by Crippen LogP contribution is 2.30. The van der Waals surface area contributed by atoms with Gasteiger partial charge in [-0.2, -0.15) is 0 Å². The predicted octanol–water partition coefficient (Wildman–Crippen LogP) is 5.41. The van der Waals surface area contributed by atoms with Crippen LogP contribution in [0.5, 0.6) is 0 Å². The number of likely N-dealkylation sites (tertiary alicyclic amines) is 1. The number of carbonyl (C=O) groups is 1. The van der Waals surface area contributed by atoms with E-state index in [1.807, 2.05) is 13.0 Å². The summed E-state index contributed by atoms with van der Waals surface area (Å²) >= 11 is 1.76. The minimum atomic E-state index is -0.125. The average molecular weight is 419 g/mol. The van der Waals surface area contributed by atoms with E-state index in [4.69, 9.17) is 4.42 Å². The number of amides is 1. The van der Waals surface area contributed by atoms with Crippen LogP contribution in [0.25, 0.3) is 11.0 Å². The summed E-state index contributed by atoms with van der Waals surface area (Å²) < 4.78 is 5.92. The second-order valence-electron chi connectivity index (χ2n) is 7.47. The van der Waals surface area contributed by atoms with E-state index in [9.17, 15) is 4.79 Å². The van der Waals surface area contributed by atoms with Crippen LogP contribution in [0.4, 0.5) is 0 Å². The zero-order valence-electron chi connectivity index (χ0n) is 16.6. The van der Waals surface area contributed by atoms with Gasteiger partial charge >= 0.3 is 0 Å². The van der Waals surface area contributed by atoms with Crippen LogP contribution in [0.15, 0.2) is 34.1 Å². The predicted molar refractivity (Wildman–Crippen MR) is 118 cm³/mol. The Morgan fingerprint density at radius 3 is 2.61 bits per heavy atom. The van der Waals surface area contributed by atoms with Crippen molar-refractivity contribution >= 4 is 40.6 Å². The minimum absolute atomic E-state index is 0. The first-order chi connectivity index (χ1) is 13.0. The maximum absolute atomic E-state index is 12.9. The third-order valence-corrected chi connectivity index (χ3v) is 6.64. The Morgan fingerprint density at radius 2 is 1.93 bits per heavy atom. The number of carbonyl (C=O) groups excluding carboxylic acids is 1. The monoisotopic (exact) mass is 418 g/mol. The van der Waals surface area contributed by atoms with E-state index in [-0.39, 0.29) is 24.4 Å². The van der Waals surface area contributed by atoms with Gasteiger partial charge in [0.2, 0.25) is 0 Å². The number of thiophene rings is 1. The SMILES string of the molecule is Cc1cc2oc(C(=O)NCC(c3cccs3)N3CCCC3)c(C)c2cc1C.Cl. The molecule has 1 aliphatic heterocycles. The Morgan fingerprint density at radius 1 is 1.21 bits per heavy atom. The van der Waals surface area contributed by atoms with Crippen molar-refractivity contribution in [2.75, 3.05) is 19.6 Å². The van der Waals surface area contributed by atoms with Crippen molar-refractivity contribution in [1.29, 1.82) is 0 Å². The number of hydrogen-bond acceptors (Lipinski definition) is 4. The van der Waals surface area contributed by atoms with E-state index in [1.165, 1.54) is 28.8 Å². The lowest BCUT2D eigenvalue weighted by Crippen LogP contribution is -2.36. The summed E-state index contributed by atoms with van der Waals surface area (Å²) in [6.45, 7) is 8.92.